The van der Waals surface area contributed by atoms with Crippen LogP contribution in [0, 0.1) is 19.8 Å². The molecule has 0 radical (unpaired) electrons. The molecule has 1 unspecified atom stereocenters. The first kappa shape index (κ1) is 22.3. The molecular formula is C24H29N3O4. The molecular weight excluding hydrogens is 394 g/mol. The predicted molar refractivity (Wildman–Crippen MR) is 120 cm³/mol. The van der Waals surface area contributed by atoms with Crippen molar-refractivity contribution in [2.45, 2.75) is 39.7 Å². The lowest BCUT2D eigenvalue weighted by Crippen LogP contribution is -2.43. The molecule has 31 heavy (non-hydrogen) atoms. The van der Waals surface area contributed by atoms with Crippen LogP contribution in [-0.2, 0) is 14.3 Å². The quantitative estimate of drug-likeness (QED) is 0.708. The minimum Gasteiger partial charge on any atom is -0.452 e. The summed E-state index contributed by atoms with van der Waals surface area (Å²) < 4.78 is 5.41. The van der Waals surface area contributed by atoms with Crippen LogP contribution in [0.3, 0.4) is 0 Å². The number of nitrogens with zero attached hydrogens (tertiary/aromatic N) is 1. The first-order valence-corrected chi connectivity index (χ1v) is 10.5. The first-order chi connectivity index (χ1) is 14.8. The van der Waals surface area contributed by atoms with Crippen LogP contribution in [0.1, 0.15) is 30.9 Å². The molecule has 2 aromatic rings. The van der Waals surface area contributed by atoms with Gasteiger partial charge in [0, 0.05) is 24.5 Å². The number of hydrogen-bond donors (Lipinski definition) is 2. The van der Waals surface area contributed by atoms with E-state index in [2.05, 4.69) is 10.6 Å². The van der Waals surface area contributed by atoms with Gasteiger partial charge in [0.1, 0.15) is 0 Å². The summed E-state index contributed by atoms with van der Waals surface area (Å²) in [6.07, 6.45) is 0.117. The Labute approximate surface area is 182 Å². The number of hydrogen-bond acceptors (Lipinski definition) is 4. The number of likely N-dealkylation sites (tertiary alicyclic amines) is 1. The van der Waals surface area contributed by atoms with Gasteiger partial charge in [-0.25, -0.2) is 4.79 Å². The van der Waals surface area contributed by atoms with E-state index in [0.717, 1.165) is 16.8 Å². The van der Waals surface area contributed by atoms with E-state index in [-0.39, 0.29) is 17.9 Å². The number of carbonyl (C=O) groups excluding carboxylic acids is 3. The zero-order valence-electron chi connectivity index (χ0n) is 18.2. The maximum absolute atomic E-state index is 12.5. The molecule has 0 bridgehead atoms. The van der Waals surface area contributed by atoms with E-state index in [1.165, 1.54) is 0 Å². The zero-order valence-corrected chi connectivity index (χ0v) is 18.2. The van der Waals surface area contributed by atoms with Gasteiger partial charge >= 0.3 is 12.0 Å². The van der Waals surface area contributed by atoms with Crippen molar-refractivity contribution in [3.63, 3.8) is 0 Å². The fourth-order valence-electron chi connectivity index (χ4n) is 3.55. The van der Waals surface area contributed by atoms with Gasteiger partial charge < -0.3 is 20.3 Å². The van der Waals surface area contributed by atoms with E-state index < -0.39 is 12.1 Å². The summed E-state index contributed by atoms with van der Waals surface area (Å²) in [5.41, 5.74) is 3.50. The molecule has 164 valence electrons. The molecule has 1 aliphatic rings. The van der Waals surface area contributed by atoms with Gasteiger partial charge in [-0.2, -0.15) is 0 Å². The average Bonchev–Trinajstić information content (AvgIpc) is 2.76. The normalized spacial score (nSPS) is 15.1. The second-order valence-electron chi connectivity index (χ2n) is 7.94. The summed E-state index contributed by atoms with van der Waals surface area (Å²) in [5.74, 6) is -1.08. The van der Waals surface area contributed by atoms with Gasteiger partial charge in [-0.1, -0.05) is 35.9 Å². The van der Waals surface area contributed by atoms with Crippen molar-refractivity contribution >= 4 is 29.3 Å². The number of carbonyl (C=O) groups is 3. The van der Waals surface area contributed by atoms with Crippen molar-refractivity contribution < 1.29 is 19.1 Å². The molecule has 0 spiro atoms. The molecule has 2 aromatic carbocycles. The lowest BCUT2D eigenvalue weighted by molar-refractivity contribution is -0.158. The van der Waals surface area contributed by atoms with Gasteiger partial charge in [-0.15, -0.1) is 0 Å². The first-order valence-electron chi connectivity index (χ1n) is 10.5. The van der Waals surface area contributed by atoms with Gasteiger partial charge in [-0.05, 0) is 57.4 Å². The Morgan fingerprint density at radius 1 is 1.00 bits per heavy atom. The molecule has 1 fully saturated rings. The van der Waals surface area contributed by atoms with Crippen LogP contribution in [0.15, 0.2) is 48.5 Å². The van der Waals surface area contributed by atoms with Crippen molar-refractivity contribution in [2.75, 3.05) is 23.7 Å². The summed E-state index contributed by atoms with van der Waals surface area (Å²) in [6.45, 7) is 6.39. The predicted octanol–water partition coefficient (Wildman–Crippen LogP) is 4.12. The van der Waals surface area contributed by atoms with E-state index in [1.807, 2.05) is 62.4 Å². The lowest BCUT2D eigenvalue weighted by atomic mass is 9.97. The van der Waals surface area contributed by atoms with Crippen LogP contribution in [0.5, 0.6) is 0 Å². The molecule has 1 aliphatic heterocycles. The summed E-state index contributed by atoms with van der Waals surface area (Å²) in [6, 6.07) is 14.8. The standard InChI is InChI=1S/C24H29N3O4/c1-16-9-10-21(17(2)15-16)26-22(28)18(3)31-23(29)19-11-13-27(14-12-19)24(30)25-20-7-5-4-6-8-20/h4-10,15,18-19H,11-14H2,1-3H3,(H,25,30)(H,26,28). The molecule has 7 heteroatoms. The Morgan fingerprint density at radius 2 is 1.68 bits per heavy atom. The zero-order chi connectivity index (χ0) is 22.4. The number of para-hydroxylation sites is 1. The highest BCUT2D eigenvalue weighted by atomic mass is 16.5. The second kappa shape index (κ2) is 10.1. The summed E-state index contributed by atoms with van der Waals surface area (Å²) >= 11 is 0. The second-order valence-corrected chi connectivity index (χ2v) is 7.94. The topological polar surface area (TPSA) is 87.7 Å². The Morgan fingerprint density at radius 3 is 2.32 bits per heavy atom. The lowest BCUT2D eigenvalue weighted by Gasteiger charge is -2.31. The molecule has 3 rings (SSSR count). The maximum Gasteiger partial charge on any atom is 0.321 e. The molecule has 0 saturated carbocycles. The number of amides is 3. The minimum atomic E-state index is -0.896. The number of aryl methyl sites for hydroxylation is 2. The third-order valence-corrected chi connectivity index (χ3v) is 5.44. The van der Waals surface area contributed by atoms with Crippen LogP contribution in [-0.4, -0.2) is 42.0 Å². The van der Waals surface area contributed by atoms with Gasteiger partial charge in [0.2, 0.25) is 0 Å². The highest BCUT2D eigenvalue weighted by Gasteiger charge is 2.30. The summed E-state index contributed by atoms with van der Waals surface area (Å²) in [5, 5.41) is 5.67. The van der Waals surface area contributed by atoms with E-state index in [1.54, 1.807) is 11.8 Å². The van der Waals surface area contributed by atoms with Crippen molar-refractivity contribution in [2.24, 2.45) is 5.92 Å². The number of anilines is 2. The molecule has 7 nitrogen and oxygen atoms in total. The van der Waals surface area contributed by atoms with Crippen LogP contribution in [0.2, 0.25) is 0 Å². The van der Waals surface area contributed by atoms with Crippen LogP contribution in [0.25, 0.3) is 0 Å². The van der Waals surface area contributed by atoms with Crippen molar-refractivity contribution in [3.05, 3.63) is 59.7 Å². The van der Waals surface area contributed by atoms with Crippen LogP contribution in [0.4, 0.5) is 16.2 Å². The molecule has 3 amide bonds. The summed E-state index contributed by atoms with van der Waals surface area (Å²) in [4.78, 5) is 39.0. The Hall–Kier alpha value is -3.35. The third kappa shape index (κ3) is 6.07. The van der Waals surface area contributed by atoms with Crippen molar-refractivity contribution in [1.29, 1.82) is 0 Å². The molecule has 0 aliphatic carbocycles. The van der Waals surface area contributed by atoms with Crippen molar-refractivity contribution in [1.82, 2.24) is 4.90 Å². The van der Waals surface area contributed by atoms with Gasteiger partial charge in [0.25, 0.3) is 5.91 Å². The minimum absolute atomic E-state index is 0.181. The fourth-order valence-corrected chi connectivity index (χ4v) is 3.55. The van der Waals surface area contributed by atoms with E-state index >= 15 is 0 Å². The van der Waals surface area contributed by atoms with E-state index in [0.29, 0.717) is 31.6 Å². The molecule has 1 saturated heterocycles. The van der Waals surface area contributed by atoms with Gasteiger partial charge in [-0.3, -0.25) is 9.59 Å². The number of nitrogens with one attached hydrogen (secondary N) is 2. The Kier molecular flexibility index (Phi) is 7.28. The van der Waals surface area contributed by atoms with Crippen LogP contribution >= 0.6 is 0 Å². The van der Waals surface area contributed by atoms with Gasteiger partial charge in [0.05, 0.1) is 5.92 Å². The smallest absolute Gasteiger partial charge is 0.321 e. The Balaban J connectivity index is 1.45. The van der Waals surface area contributed by atoms with E-state index in [9.17, 15) is 14.4 Å². The number of piperidine rings is 1. The summed E-state index contributed by atoms with van der Waals surface area (Å²) in [7, 11) is 0. The van der Waals surface area contributed by atoms with Gasteiger partial charge in [0.15, 0.2) is 6.10 Å². The third-order valence-electron chi connectivity index (χ3n) is 5.44. The SMILES string of the molecule is Cc1ccc(NC(=O)C(C)OC(=O)C2CCN(C(=O)Nc3ccccc3)CC2)c(C)c1. The number of urea groups is 1. The average molecular weight is 424 g/mol. The molecule has 2 N–H and O–H groups in total. The molecule has 1 atom stereocenters. The number of esters is 1. The number of rotatable bonds is 5. The number of benzene rings is 2. The number of ether oxygens (including phenoxy) is 1. The maximum atomic E-state index is 12.5. The molecule has 1 heterocycles. The van der Waals surface area contributed by atoms with Crippen molar-refractivity contribution in [3.8, 4) is 0 Å². The Bertz CT molecular complexity index is 937. The highest BCUT2D eigenvalue weighted by molar-refractivity contribution is 5.96. The fraction of sp³-hybridized carbons (Fsp3) is 0.375. The van der Waals surface area contributed by atoms with Crippen LogP contribution < -0.4 is 10.6 Å². The largest absolute Gasteiger partial charge is 0.452 e. The molecule has 0 aromatic heterocycles. The highest BCUT2D eigenvalue weighted by Crippen LogP contribution is 2.21. The van der Waals surface area contributed by atoms with E-state index in [4.69, 9.17) is 4.74 Å². The monoisotopic (exact) mass is 423 g/mol.